The smallest absolute Gasteiger partial charge is 0.379 e. The summed E-state index contributed by atoms with van der Waals surface area (Å²) >= 11 is 0. The quantitative estimate of drug-likeness (QED) is 0.336. The van der Waals surface area contributed by atoms with Crippen LogP contribution in [0.5, 0.6) is 0 Å². The van der Waals surface area contributed by atoms with Crippen LogP contribution in [0.2, 0.25) is 0 Å². The molecule has 5 atom stereocenters. The number of methoxy groups -OCH3 is 1. The topological polar surface area (TPSA) is 170 Å². The van der Waals surface area contributed by atoms with Crippen molar-refractivity contribution in [3.8, 4) is 0 Å². The summed E-state index contributed by atoms with van der Waals surface area (Å²) in [6.07, 6.45) is -4.21. The summed E-state index contributed by atoms with van der Waals surface area (Å²) in [4.78, 5) is 70.7. The van der Waals surface area contributed by atoms with Crippen LogP contribution in [0.3, 0.4) is 0 Å². The fourth-order valence-corrected chi connectivity index (χ4v) is 3.42. The molecule has 1 rings (SSSR count). The van der Waals surface area contributed by atoms with E-state index in [0.29, 0.717) is 0 Å². The zero-order valence-electron chi connectivity index (χ0n) is 19.3. The lowest BCUT2D eigenvalue weighted by atomic mass is 9.89. The van der Waals surface area contributed by atoms with Crippen molar-refractivity contribution in [1.82, 2.24) is 5.32 Å². The Morgan fingerprint density at radius 1 is 0.970 bits per heavy atom. The lowest BCUT2D eigenvalue weighted by Gasteiger charge is -2.46. The summed E-state index contributed by atoms with van der Waals surface area (Å²) in [5.41, 5.74) is 0. The Kier molecular flexibility index (Phi) is 10.2. The van der Waals surface area contributed by atoms with Crippen molar-refractivity contribution in [3.05, 3.63) is 0 Å². The Hall–Kier alpha value is -3.22. The first kappa shape index (κ1) is 27.8. The fraction of sp³-hybridized carbons (Fsp3) is 0.700. The first-order chi connectivity index (χ1) is 15.3. The van der Waals surface area contributed by atoms with Gasteiger partial charge in [0.25, 0.3) is 0 Å². The second kappa shape index (κ2) is 12.1. The van der Waals surface area contributed by atoms with Gasteiger partial charge in [-0.15, -0.1) is 0 Å². The van der Waals surface area contributed by atoms with Crippen molar-refractivity contribution in [2.45, 2.75) is 77.6 Å². The summed E-state index contributed by atoms with van der Waals surface area (Å²) in [5, 5.41) is 2.58. The molecule has 1 fully saturated rings. The number of esters is 5. The maximum Gasteiger partial charge on any atom is 0.379 e. The highest BCUT2D eigenvalue weighted by Crippen LogP contribution is 2.36. The monoisotopic (exact) mass is 475 g/mol. The highest BCUT2D eigenvalue weighted by molar-refractivity contribution is 5.82. The molecule has 1 N–H and O–H groups in total. The highest BCUT2D eigenvalue weighted by atomic mass is 16.8. The van der Waals surface area contributed by atoms with E-state index in [9.17, 15) is 28.8 Å². The number of nitrogens with one attached hydrogen (secondary N) is 1. The fourth-order valence-electron chi connectivity index (χ4n) is 3.42. The molecule has 186 valence electrons. The van der Waals surface area contributed by atoms with E-state index in [-0.39, 0.29) is 13.0 Å². The first-order valence-electron chi connectivity index (χ1n) is 10.00. The van der Waals surface area contributed by atoms with Crippen molar-refractivity contribution in [2.75, 3.05) is 13.7 Å². The lowest BCUT2D eigenvalue weighted by molar-refractivity contribution is -0.290. The molecule has 0 radical (unpaired) electrons. The first-order valence-corrected chi connectivity index (χ1v) is 10.00. The van der Waals surface area contributed by atoms with E-state index in [1.807, 2.05) is 0 Å². The summed E-state index contributed by atoms with van der Waals surface area (Å²) in [7, 11) is 1.04. The third-order valence-corrected chi connectivity index (χ3v) is 4.41. The average molecular weight is 475 g/mol. The summed E-state index contributed by atoms with van der Waals surface area (Å²) in [5.74, 6) is -6.91. The van der Waals surface area contributed by atoms with E-state index in [2.05, 4.69) is 5.32 Å². The van der Waals surface area contributed by atoms with Crippen LogP contribution in [0.1, 0.15) is 47.5 Å². The van der Waals surface area contributed by atoms with Crippen LogP contribution in [-0.2, 0) is 57.2 Å². The largest absolute Gasteiger partial charge is 0.464 e. The molecule has 0 aliphatic carbocycles. The number of rotatable bonds is 9. The van der Waals surface area contributed by atoms with E-state index < -0.39 is 72.3 Å². The minimum Gasteiger partial charge on any atom is -0.464 e. The maximum absolute atomic E-state index is 12.6. The SMILES string of the molecule is COC(=O)[C@@]1(OC(C)=O)C[C@@H](OC(C)=O)[C@@H](NC(C)=O)C(CC(COC(C)=O)OC(C)=O)O1. The molecule has 0 aromatic heterocycles. The van der Waals surface area contributed by atoms with Crippen molar-refractivity contribution >= 4 is 35.8 Å². The molecule has 0 saturated carbocycles. The van der Waals surface area contributed by atoms with E-state index in [1.54, 1.807) is 0 Å². The molecule has 1 aliphatic heterocycles. The molecule has 0 aromatic rings. The van der Waals surface area contributed by atoms with E-state index in [0.717, 1.165) is 34.8 Å². The van der Waals surface area contributed by atoms with Crippen LogP contribution < -0.4 is 5.32 Å². The zero-order valence-corrected chi connectivity index (χ0v) is 19.3. The van der Waals surface area contributed by atoms with Gasteiger partial charge in [-0.1, -0.05) is 0 Å². The highest BCUT2D eigenvalue weighted by Gasteiger charge is 2.57. The summed E-state index contributed by atoms with van der Waals surface area (Å²) in [6.45, 7) is 5.28. The van der Waals surface area contributed by atoms with Crippen molar-refractivity contribution in [2.24, 2.45) is 0 Å². The van der Waals surface area contributed by atoms with Gasteiger partial charge in [-0.3, -0.25) is 24.0 Å². The van der Waals surface area contributed by atoms with Gasteiger partial charge in [-0.05, 0) is 0 Å². The maximum atomic E-state index is 12.6. The van der Waals surface area contributed by atoms with Gasteiger partial charge in [0.1, 0.15) is 18.8 Å². The van der Waals surface area contributed by atoms with Gasteiger partial charge in [-0.25, -0.2) is 4.79 Å². The third kappa shape index (κ3) is 8.67. The second-order valence-electron chi connectivity index (χ2n) is 7.34. The predicted molar refractivity (Wildman–Crippen MR) is 106 cm³/mol. The van der Waals surface area contributed by atoms with Crippen molar-refractivity contribution in [1.29, 1.82) is 0 Å². The van der Waals surface area contributed by atoms with Crippen LogP contribution in [0, 0.1) is 0 Å². The Morgan fingerprint density at radius 3 is 2.06 bits per heavy atom. The van der Waals surface area contributed by atoms with Crippen molar-refractivity contribution < 1.29 is 57.2 Å². The Labute approximate surface area is 190 Å². The van der Waals surface area contributed by atoms with Crippen LogP contribution in [0.4, 0.5) is 0 Å². The minimum absolute atomic E-state index is 0.240. The number of hydrogen-bond donors (Lipinski definition) is 1. The van der Waals surface area contributed by atoms with Gasteiger partial charge in [0, 0.05) is 41.0 Å². The van der Waals surface area contributed by atoms with Gasteiger partial charge in [-0.2, -0.15) is 0 Å². The molecular weight excluding hydrogens is 446 g/mol. The van der Waals surface area contributed by atoms with Crippen LogP contribution in [-0.4, -0.2) is 79.6 Å². The molecule has 1 saturated heterocycles. The van der Waals surface area contributed by atoms with Gasteiger partial charge in [0.15, 0.2) is 0 Å². The number of ether oxygens (including phenoxy) is 6. The van der Waals surface area contributed by atoms with E-state index >= 15 is 0 Å². The van der Waals surface area contributed by atoms with Gasteiger partial charge in [0.05, 0.1) is 25.7 Å². The lowest BCUT2D eigenvalue weighted by Crippen LogP contribution is -2.65. The molecular formula is C20H29NO12. The number of carbonyl (C=O) groups is 6. The van der Waals surface area contributed by atoms with Gasteiger partial charge >= 0.3 is 35.6 Å². The van der Waals surface area contributed by atoms with Crippen molar-refractivity contribution in [3.63, 3.8) is 0 Å². The van der Waals surface area contributed by atoms with E-state index in [1.165, 1.54) is 6.92 Å². The number of hydrogen-bond acceptors (Lipinski definition) is 12. The molecule has 1 amide bonds. The molecule has 0 aromatic carbocycles. The third-order valence-electron chi connectivity index (χ3n) is 4.41. The van der Waals surface area contributed by atoms with E-state index in [4.69, 9.17) is 28.4 Å². The normalized spacial score (nSPS) is 25.1. The summed E-state index contributed by atoms with van der Waals surface area (Å²) < 4.78 is 31.1. The Morgan fingerprint density at radius 2 is 1.61 bits per heavy atom. The predicted octanol–water partition coefficient (Wildman–Crippen LogP) is -0.471. The number of carbonyl (C=O) groups excluding carboxylic acids is 6. The molecule has 1 heterocycles. The molecule has 1 aliphatic rings. The molecule has 0 bridgehead atoms. The second-order valence-corrected chi connectivity index (χ2v) is 7.34. The Balaban J connectivity index is 3.46. The molecule has 33 heavy (non-hydrogen) atoms. The Bertz CT molecular complexity index is 781. The number of amides is 1. The zero-order chi connectivity index (χ0) is 25.3. The molecule has 2 unspecified atom stereocenters. The van der Waals surface area contributed by atoms with Crippen LogP contribution in [0.15, 0.2) is 0 Å². The average Bonchev–Trinajstić information content (AvgIpc) is 2.66. The molecule has 13 nitrogen and oxygen atoms in total. The van der Waals surface area contributed by atoms with Crippen LogP contribution >= 0.6 is 0 Å². The standard InChI is InChI=1S/C20H29NO12/c1-10(22)21-18-16(7-15(30-12(3)24)9-29-11(2)23)33-20(19(27)28-6,32-14(5)26)8-17(18)31-13(4)25/h15-18H,7-9H2,1-6H3,(H,21,22)/t15?,16?,17-,18+,20-/m1/s1. The van der Waals surface area contributed by atoms with Crippen LogP contribution in [0.25, 0.3) is 0 Å². The summed E-state index contributed by atoms with van der Waals surface area (Å²) in [6, 6.07) is -1.05. The van der Waals surface area contributed by atoms with Gasteiger partial charge in [0.2, 0.25) is 5.91 Å². The minimum atomic E-state index is -2.32. The van der Waals surface area contributed by atoms with Gasteiger partial charge < -0.3 is 33.7 Å². The molecule has 0 spiro atoms. The molecule has 13 heteroatoms.